The van der Waals surface area contributed by atoms with Gasteiger partial charge in [-0.1, -0.05) is 18.5 Å². The Hall–Kier alpha value is -1.30. The van der Waals surface area contributed by atoms with Gasteiger partial charge in [0.05, 0.1) is 5.02 Å². The van der Waals surface area contributed by atoms with Crippen LogP contribution in [0.4, 0.5) is 0 Å². The number of fused-ring (bicyclic) bond motifs is 1. The summed E-state index contributed by atoms with van der Waals surface area (Å²) in [6, 6.07) is 3.79. The number of aromatic nitrogens is 1. The first-order valence-electron chi connectivity index (χ1n) is 6.03. The van der Waals surface area contributed by atoms with Crippen LogP contribution in [0.5, 0.6) is 11.5 Å². The lowest BCUT2D eigenvalue weighted by molar-refractivity contribution is 0.174. The molecular formula is C13H13ClN2O2S. The summed E-state index contributed by atoms with van der Waals surface area (Å²) in [4.78, 5) is 5.63. The van der Waals surface area contributed by atoms with E-state index in [1.807, 2.05) is 18.3 Å². The van der Waals surface area contributed by atoms with Crippen molar-refractivity contribution in [2.75, 3.05) is 13.3 Å². The lowest BCUT2D eigenvalue weighted by Crippen LogP contribution is -2.10. The summed E-state index contributed by atoms with van der Waals surface area (Å²) in [7, 11) is 0. The molecule has 0 saturated carbocycles. The van der Waals surface area contributed by atoms with E-state index in [0.29, 0.717) is 16.5 Å². The molecule has 0 fully saturated rings. The number of halogens is 1. The minimum Gasteiger partial charge on any atom is -0.454 e. The van der Waals surface area contributed by atoms with Crippen molar-refractivity contribution in [1.82, 2.24) is 10.3 Å². The van der Waals surface area contributed by atoms with Gasteiger partial charge >= 0.3 is 0 Å². The third kappa shape index (κ3) is 2.54. The highest BCUT2D eigenvalue weighted by atomic mass is 35.5. The Morgan fingerprint density at radius 1 is 1.42 bits per heavy atom. The van der Waals surface area contributed by atoms with E-state index >= 15 is 0 Å². The van der Waals surface area contributed by atoms with Gasteiger partial charge < -0.3 is 14.8 Å². The van der Waals surface area contributed by atoms with Gasteiger partial charge in [0, 0.05) is 23.2 Å². The summed E-state index contributed by atoms with van der Waals surface area (Å²) in [6.45, 7) is 4.09. The average Bonchev–Trinajstić information content (AvgIpc) is 3.05. The van der Waals surface area contributed by atoms with Crippen LogP contribution in [0.15, 0.2) is 18.3 Å². The predicted octanol–water partition coefficient (Wildman–Crippen LogP) is 3.30. The van der Waals surface area contributed by atoms with E-state index in [1.165, 1.54) is 4.88 Å². The third-order valence-corrected chi connectivity index (χ3v) is 4.10. The minimum atomic E-state index is 0.224. The normalized spacial score (nSPS) is 12.9. The SMILES string of the molecule is CCNCc1cnc(-c2cc(Cl)c3c(c2)OCO3)s1. The quantitative estimate of drug-likeness (QED) is 0.940. The largest absolute Gasteiger partial charge is 0.454 e. The second-order valence-corrected chi connectivity index (χ2v) is 5.63. The molecular weight excluding hydrogens is 284 g/mol. The summed E-state index contributed by atoms with van der Waals surface area (Å²) in [6.07, 6.45) is 1.89. The zero-order chi connectivity index (χ0) is 13.2. The number of hydrogen-bond donors (Lipinski definition) is 1. The zero-order valence-electron chi connectivity index (χ0n) is 10.4. The van der Waals surface area contributed by atoms with Crippen molar-refractivity contribution < 1.29 is 9.47 Å². The van der Waals surface area contributed by atoms with Crippen molar-refractivity contribution >= 4 is 22.9 Å². The van der Waals surface area contributed by atoms with E-state index in [0.717, 1.165) is 23.7 Å². The van der Waals surface area contributed by atoms with Crippen molar-refractivity contribution in [3.05, 3.63) is 28.2 Å². The molecule has 4 nitrogen and oxygen atoms in total. The Balaban J connectivity index is 1.90. The Kier molecular flexibility index (Phi) is 3.59. The van der Waals surface area contributed by atoms with Crippen molar-refractivity contribution in [3.63, 3.8) is 0 Å². The molecule has 19 heavy (non-hydrogen) atoms. The molecule has 6 heteroatoms. The van der Waals surface area contributed by atoms with E-state index in [1.54, 1.807) is 11.3 Å². The molecule has 100 valence electrons. The van der Waals surface area contributed by atoms with Gasteiger partial charge in [-0.15, -0.1) is 11.3 Å². The fraction of sp³-hybridized carbons (Fsp3) is 0.308. The van der Waals surface area contributed by atoms with Crippen LogP contribution in [0.3, 0.4) is 0 Å². The molecule has 0 aliphatic carbocycles. The lowest BCUT2D eigenvalue weighted by atomic mass is 10.2. The lowest BCUT2D eigenvalue weighted by Gasteiger charge is -2.02. The topological polar surface area (TPSA) is 43.4 Å². The number of rotatable bonds is 4. The highest BCUT2D eigenvalue weighted by Crippen LogP contribution is 2.42. The molecule has 0 saturated heterocycles. The predicted molar refractivity (Wildman–Crippen MR) is 76.1 cm³/mol. The standard InChI is InChI=1S/C13H13ClN2O2S/c1-2-15-5-9-6-16-13(19-9)8-3-10(14)12-11(4-8)17-7-18-12/h3-4,6,15H,2,5,7H2,1H3. The number of thiazole rings is 1. The summed E-state index contributed by atoms with van der Waals surface area (Å²) in [5.74, 6) is 1.31. The van der Waals surface area contributed by atoms with Gasteiger partial charge in [-0.3, -0.25) is 0 Å². The molecule has 0 amide bonds. The Morgan fingerprint density at radius 3 is 3.16 bits per heavy atom. The second kappa shape index (κ2) is 5.36. The number of nitrogens with zero attached hydrogens (tertiary/aromatic N) is 1. The van der Waals surface area contributed by atoms with Crippen LogP contribution in [0.2, 0.25) is 5.02 Å². The van der Waals surface area contributed by atoms with Crippen LogP contribution >= 0.6 is 22.9 Å². The van der Waals surface area contributed by atoms with Crippen molar-refractivity contribution in [1.29, 1.82) is 0 Å². The Morgan fingerprint density at radius 2 is 2.32 bits per heavy atom. The van der Waals surface area contributed by atoms with Crippen LogP contribution in [0, 0.1) is 0 Å². The molecule has 0 unspecified atom stereocenters. The molecule has 1 N–H and O–H groups in total. The molecule has 1 aliphatic rings. The molecule has 0 radical (unpaired) electrons. The maximum absolute atomic E-state index is 6.17. The number of benzene rings is 1. The summed E-state index contributed by atoms with van der Waals surface area (Å²) < 4.78 is 10.7. The van der Waals surface area contributed by atoms with Gasteiger partial charge in [0.2, 0.25) is 6.79 Å². The molecule has 2 aromatic rings. The van der Waals surface area contributed by atoms with E-state index in [4.69, 9.17) is 21.1 Å². The summed E-state index contributed by atoms with van der Waals surface area (Å²) >= 11 is 7.83. The van der Waals surface area contributed by atoms with Crippen LogP contribution in [0.25, 0.3) is 10.6 Å². The Labute approximate surface area is 120 Å². The summed E-state index contributed by atoms with van der Waals surface area (Å²) in [5, 5.41) is 4.78. The van der Waals surface area contributed by atoms with E-state index in [2.05, 4.69) is 17.2 Å². The van der Waals surface area contributed by atoms with Gasteiger partial charge in [0.25, 0.3) is 0 Å². The van der Waals surface area contributed by atoms with Crippen molar-refractivity contribution in [3.8, 4) is 22.1 Å². The molecule has 0 spiro atoms. The van der Waals surface area contributed by atoms with Gasteiger partial charge in [-0.25, -0.2) is 4.98 Å². The highest BCUT2D eigenvalue weighted by Gasteiger charge is 2.19. The fourth-order valence-electron chi connectivity index (χ4n) is 1.86. The van der Waals surface area contributed by atoms with Crippen molar-refractivity contribution in [2.45, 2.75) is 13.5 Å². The Bertz CT molecular complexity index is 600. The van der Waals surface area contributed by atoms with E-state index in [-0.39, 0.29) is 6.79 Å². The molecule has 0 atom stereocenters. The van der Waals surface area contributed by atoms with E-state index in [9.17, 15) is 0 Å². The molecule has 3 rings (SSSR count). The first-order chi connectivity index (χ1) is 9.28. The zero-order valence-corrected chi connectivity index (χ0v) is 12.0. The van der Waals surface area contributed by atoms with Gasteiger partial charge in [-0.2, -0.15) is 0 Å². The van der Waals surface area contributed by atoms with Crippen molar-refractivity contribution in [2.24, 2.45) is 0 Å². The summed E-state index contributed by atoms with van der Waals surface area (Å²) in [5.41, 5.74) is 0.960. The molecule has 0 bridgehead atoms. The smallest absolute Gasteiger partial charge is 0.231 e. The van der Waals surface area contributed by atoms with Gasteiger partial charge in [0.1, 0.15) is 5.01 Å². The molecule has 1 aromatic heterocycles. The van der Waals surface area contributed by atoms with E-state index < -0.39 is 0 Å². The first-order valence-corrected chi connectivity index (χ1v) is 7.22. The minimum absolute atomic E-state index is 0.224. The second-order valence-electron chi connectivity index (χ2n) is 4.10. The van der Waals surface area contributed by atoms with Crippen LogP contribution in [-0.4, -0.2) is 18.3 Å². The number of ether oxygens (including phenoxy) is 2. The average molecular weight is 297 g/mol. The number of nitrogens with one attached hydrogen (secondary N) is 1. The van der Waals surface area contributed by atoms with Gasteiger partial charge in [-0.05, 0) is 18.7 Å². The van der Waals surface area contributed by atoms with Crippen LogP contribution in [-0.2, 0) is 6.54 Å². The molecule has 1 aliphatic heterocycles. The molecule has 2 heterocycles. The highest BCUT2D eigenvalue weighted by molar-refractivity contribution is 7.15. The van der Waals surface area contributed by atoms with Gasteiger partial charge in [0.15, 0.2) is 11.5 Å². The monoisotopic (exact) mass is 296 g/mol. The fourth-order valence-corrected chi connectivity index (χ4v) is 3.00. The maximum Gasteiger partial charge on any atom is 0.231 e. The van der Waals surface area contributed by atoms with Crippen LogP contribution < -0.4 is 14.8 Å². The maximum atomic E-state index is 6.17. The molecule has 1 aromatic carbocycles. The van der Waals surface area contributed by atoms with Crippen LogP contribution in [0.1, 0.15) is 11.8 Å². The third-order valence-electron chi connectivity index (χ3n) is 2.78. The first kappa shape index (κ1) is 12.7. The number of hydrogen-bond acceptors (Lipinski definition) is 5.